The van der Waals surface area contributed by atoms with Crippen LogP contribution < -0.4 is 39.1 Å². The number of halogens is 1. The molecule has 2 aromatic heterocycles. The van der Waals surface area contributed by atoms with E-state index in [2.05, 4.69) is 10.2 Å². The number of anilines is 3. The number of imidazole rings is 1. The molecule has 6 aromatic carbocycles. The molecule has 2 saturated heterocycles. The van der Waals surface area contributed by atoms with Gasteiger partial charge in [0, 0.05) is 48.4 Å². The summed E-state index contributed by atoms with van der Waals surface area (Å²) in [5.74, 6) is -1.33. The molecule has 0 unspecified atom stereocenters. The Morgan fingerprint density at radius 3 is 2.01 bits per heavy atom. The van der Waals surface area contributed by atoms with Crippen molar-refractivity contribution in [1.29, 1.82) is 0 Å². The molecule has 2 fully saturated rings. The number of fused-ring (bicyclic) bond motifs is 2. The SMILES string of the molecule is Cn1c(=O)n(-c2ccc(OCc3ccccc3)nc2OCc2ccccc2)c2ccc(N3CCC(C(C)(C)C(=O)Nc4ccc5c(F)c(N6CC(=O)NS6(=O)=O)c(OCc6ccccc6)cc5c4)CC3)cc21. The summed E-state index contributed by atoms with van der Waals surface area (Å²) in [6.07, 6.45) is 1.44. The van der Waals surface area contributed by atoms with Crippen LogP contribution in [0.4, 0.5) is 21.5 Å². The minimum Gasteiger partial charge on any atom is -0.487 e. The van der Waals surface area contributed by atoms with E-state index in [0.717, 1.165) is 40.7 Å². The smallest absolute Gasteiger partial charge is 0.333 e. The molecular formula is C55H52FN7O8S. The number of piperidine rings is 1. The number of ether oxygens (including phenoxy) is 3. The maximum absolute atomic E-state index is 16.5. The summed E-state index contributed by atoms with van der Waals surface area (Å²) in [6, 6.07) is 44.4. The fraction of sp³-hybridized carbons (Fsp3) is 0.236. The van der Waals surface area contributed by atoms with E-state index in [1.807, 2.05) is 128 Å². The van der Waals surface area contributed by atoms with Crippen molar-refractivity contribution in [3.05, 3.63) is 179 Å². The van der Waals surface area contributed by atoms with Crippen molar-refractivity contribution >= 4 is 60.9 Å². The Balaban J connectivity index is 0.847. The number of hydrogen-bond donors (Lipinski definition) is 2. The molecule has 368 valence electrons. The van der Waals surface area contributed by atoms with Gasteiger partial charge >= 0.3 is 15.9 Å². The Hall–Kier alpha value is -8.18. The molecule has 2 N–H and O–H groups in total. The summed E-state index contributed by atoms with van der Waals surface area (Å²) >= 11 is 0. The van der Waals surface area contributed by atoms with Gasteiger partial charge in [-0.2, -0.15) is 13.4 Å². The third-order valence-corrected chi connectivity index (χ3v) is 15.0. The zero-order valence-electron chi connectivity index (χ0n) is 39.9. The highest BCUT2D eigenvalue weighted by Crippen LogP contribution is 2.42. The van der Waals surface area contributed by atoms with Gasteiger partial charge in [-0.15, -0.1) is 0 Å². The maximum Gasteiger partial charge on any atom is 0.333 e. The number of aryl methyl sites for hydroxylation is 1. The lowest BCUT2D eigenvalue weighted by atomic mass is 9.73. The first-order valence-electron chi connectivity index (χ1n) is 23.6. The Bertz CT molecular complexity index is 3510. The fourth-order valence-electron chi connectivity index (χ4n) is 9.45. The van der Waals surface area contributed by atoms with Crippen LogP contribution in [0.15, 0.2) is 150 Å². The van der Waals surface area contributed by atoms with Crippen LogP contribution in [-0.4, -0.2) is 54.0 Å². The second kappa shape index (κ2) is 19.5. The van der Waals surface area contributed by atoms with E-state index >= 15 is 4.39 Å². The van der Waals surface area contributed by atoms with Gasteiger partial charge in [0.2, 0.25) is 17.7 Å². The monoisotopic (exact) mass is 989 g/mol. The third kappa shape index (κ3) is 9.54. The summed E-state index contributed by atoms with van der Waals surface area (Å²) < 4.78 is 66.5. The average molecular weight is 990 g/mol. The zero-order valence-corrected chi connectivity index (χ0v) is 40.7. The lowest BCUT2D eigenvalue weighted by molar-refractivity contribution is -0.127. The van der Waals surface area contributed by atoms with E-state index in [1.54, 1.807) is 40.4 Å². The van der Waals surface area contributed by atoms with Crippen molar-refractivity contribution < 1.29 is 36.6 Å². The first-order valence-corrected chi connectivity index (χ1v) is 25.1. The van der Waals surface area contributed by atoms with Crippen LogP contribution in [0.2, 0.25) is 0 Å². The molecule has 2 aliphatic heterocycles. The standard InChI is InChI=1S/C55H52FN7O8S/c1-55(2,53(65)57-41-19-21-43-39(29-41)30-47(69-33-36-13-7-4-8-14-36)51(50(43)56)62-32-48(64)59-72(62,67)68)40-25-27-61(28-26-40)42-20-22-44-46(31-42)60(3)54(66)63(44)45-23-24-49(70-34-37-15-9-5-10-16-37)58-52(45)71-35-38-17-11-6-12-18-38/h4-24,29-31,40H,25-28,32-35H2,1-3H3,(H,57,65)(H,59,64). The molecule has 0 aliphatic carbocycles. The van der Waals surface area contributed by atoms with E-state index < -0.39 is 33.9 Å². The first kappa shape index (κ1) is 47.5. The number of pyridine rings is 1. The van der Waals surface area contributed by atoms with E-state index in [1.165, 1.54) is 12.1 Å². The molecule has 0 spiro atoms. The minimum atomic E-state index is -4.36. The van der Waals surface area contributed by atoms with Crippen LogP contribution in [-0.2, 0) is 46.7 Å². The van der Waals surface area contributed by atoms with Gasteiger partial charge in [-0.25, -0.2) is 18.2 Å². The summed E-state index contributed by atoms with van der Waals surface area (Å²) in [7, 11) is -2.62. The van der Waals surface area contributed by atoms with Crippen molar-refractivity contribution in [1.82, 2.24) is 18.8 Å². The molecule has 0 atom stereocenters. The summed E-state index contributed by atoms with van der Waals surface area (Å²) in [6.45, 7) is 5.15. The predicted molar refractivity (Wildman–Crippen MR) is 274 cm³/mol. The third-order valence-electron chi connectivity index (χ3n) is 13.6. The van der Waals surface area contributed by atoms with Gasteiger partial charge in [-0.3, -0.25) is 18.7 Å². The average Bonchev–Trinajstić information content (AvgIpc) is 3.81. The molecule has 17 heteroatoms. The number of nitrogens with zero attached hydrogens (tertiary/aromatic N) is 5. The minimum absolute atomic E-state index is 0.00554. The fourth-order valence-corrected chi connectivity index (χ4v) is 10.6. The quantitative estimate of drug-likeness (QED) is 0.101. The van der Waals surface area contributed by atoms with E-state index in [4.69, 9.17) is 19.2 Å². The van der Waals surface area contributed by atoms with Crippen LogP contribution in [0, 0.1) is 17.2 Å². The first-order chi connectivity index (χ1) is 34.7. The normalized spacial score (nSPS) is 14.9. The lowest BCUT2D eigenvalue weighted by Gasteiger charge is -2.40. The zero-order chi connectivity index (χ0) is 50.1. The largest absolute Gasteiger partial charge is 0.487 e. The highest BCUT2D eigenvalue weighted by molar-refractivity contribution is 7.92. The lowest BCUT2D eigenvalue weighted by Crippen LogP contribution is -2.44. The molecule has 72 heavy (non-hydrogen) atoms. The number of benzene rings is 6. The molecular weight excluding hydrogens is 938 g/mol. The van der Waals surface area contributed by atoms with Crippen LogP contribution in [0.25, 0.3) is 27.5 Å². The highest BCUT2D eigenvalue weighted by atomic mass is 32.2. The van der Waals surface area contributed by atoms with Crippen molar-refractivity contribution in [2.75, 3.05) is 34.2 Å². The second-order valence-electron chi connectivity index (χ2n) is 18.6. The van der Waals surface area contributed by atoms with E-state index in [9.17, 15) is 22.8 Å². The number of carbonyl (C=O) groups excluding carboxylic acids is 2. The molecule has 4 heterocycles. The van der Waals surface area contributed by atoms with Gasteiger partial charge in [-0.05, 0) is 89.4 Å². The molecule has 8 aromatic rings. The Morgan fingerprint density at radius 1 is 0.764 bits per heavy atom. The molecule has 2 amide bonds. The second-order valence-corrected chi connectivity index (χ2v) is 20.2. The van der Waals surface area contributed by atoms with Gasteiger partial charge in [-0.1, -0.05) is 105 Å². The van der Waals surface area contributed by atoms with Crippen LogP contribution >= 0.6 is 0 Å². The molecule has 0 saturated carbocycles. The van der Waals surface area contributed by atoms with Crippen LogP contribution in [0.1, 0.15) is 43.4 Å². The Morgan fingerprint density at radius 2 is 1.39 bits per heavy atom. The number of aromatic nitrogens is 3. The molecule has 0 bridgehead atoms. The Labute approximate surface area is 415 Å². The van der Waals surface area contributed by atoms with Gasteiger partial charge in [0.05, 0.1) is 11.0 Å². The van der Waals surface area contributed by atoms with Crippen LogP contribution in [0.5, 0.6) is 17.5 Å². The number of nitrogens with one attached hydrogen (secondary N) is 2. The van der Waals surface area contributed by atoms with Gasteiger partial charge in [0.15, 0.2) is 5.82 Å². The summed E-state index contributed by atoms with van der Waals surface area (Å²) in [4.78, 5) is 47.4. The Kier molecular flexibility index (Phi) is 12.9. The van der Waals surface area contributed by atoms with Crippen molar-refractivity contribution in [3.8, 4) is 23.2 Å². The van der Waals surface area contributed by atoms with Crippen molar-refractivity contribution in [3.63, 3.8) is 0 Å². The molecule has 10 rings (SSSR count). The summed E-state index contributed by atoms with van der Waals surface area (Å²) in [5.41, 5.74) is 4.53. The number of rotatable bonds is 15. The van der Waals surface area contributed by atoms with E-state index in [-0.39, 0.29) is 53.4 Å². The van der Waals surface area contributed by atoms with Crippen molar-refractivity contribution in [2.45, 2.75) is 46.5 Å². The topological polar surface area (TPSA) is 166 Å². The number of carbonyl (C=O) groups is 2. The van der Waals surface area contributed by atoms with E-state index in [0.29, 0.717) is 52.2 Å². The molecule has 15 nitrogen and oxygen atoms in total. The predicted octanol–water partition coefficient (Wildman–Crippen LogP) is 8.82. The molecule has 0 radical (unpaired) electrons. The highest BCUT2D eigenvalue weighted by Gasteiger charge is 2.40. The number of hydrogen-bond acceptors (Lipinski definition) is 10. The van der Waals surface area contributed by atoms with Gasteiger partial charge in [0.25, 0.3) is 5.91 Å². The van der Waals surface area contributed by atoms with Gasteiger partial charge in [0.1, 0.15) is 43.5 Å². The maximum atomic E-state index is 16.5. The molecule has 2 aliphatic rings. The van der Waals surface area contributed by atoms with Gasteiger partial charge < -0.3 is 24.4 Å². The van der Waals surface area contributed by atoms with Crippen LogP contribution in [0.3, 0.4) is 0 Å². The number of amides is 2. The summed E-state index contributed by atoms with van der Waals surface area (Å²) in [5, 5.41) is 3.50. The van der Waals surface area contributed by atoms with Crippen molar-refractivity contribution in [2.24, 2.45) is 18.4 Å².